The van der Waals surface area contributed by atoms with Gasteiger partial charge in [0.1, 0.15) is 13.1 Å². The van der Waals surface area contributed by atoms with Gasteiger partial charge in [0.05, 0.1) is 19.1 Å². The van der Waals surface area contributed by atoms with E-state index in [1.807, 2.05) is 0 Å². The van der Waals surface area contributed by atoms with E-state index in [1.165, 1.54) is 18.2 Å². The van der Waals surface area contributed by atoms with E-state index in [2.05, 4.69) is 6.58 Å². The molecule has 0 rings (SSSR count). The number of rotatable bonds is 6. The molecule has 0 aromatic rings. The lowest BCUT2D eigenvalue weighted by molar-refractivity contribution is -0.863. The smallest absolute Gasteiger partial charge is 0.101 e. The minimum atomic E-state index is -0.558. The molecule has 0 amide bonds. The van der Waals surface area contributed by atoms with Gasteiger partial charge < -0.3 is 20.1 Å². The molecule has 4 heteroatoms. The maximum Gasteiger partial charge on any atom is 0.101 e. The van der Waals surface area contributed by atoms with E-state index in [9.17, 15) is 5.21 Å². The van der Waals surface area contributed by atoms with E-state index in [0.29, 0.717) is 0 Å². The van der Waals surface area contributed by atoms with Crippen LogP contribution in [-0.4, -0.2) is 34.5 Å². The Balaban J connectivity index is 4.22. The van der Waals surface area contributed by atoms with Crippen molar-refractivity contribution in [1.82, 2.24) is 0 Å². The molecule has 0 heterocycles. The van der Waals surface area contributed by atoms with Crippen molar-refractivity contribution in [3.8, 4) is 0 Å². The van der Waals surface area contributed by atoms with E-state index in [4.69, 9.17) is 10.2 Å². The van der Waals surface area contributed by atoms with Crippen molar-refractivity contribution < 1.29 is 14.9 Å². The Bertz CT molecular complexity index is 185. The van der Waals surface area contributed by atoms with E-state index in [0.717, 1.165) is 12.5 Å². The molecule has 74 valence electrons. The van der Waals surface area contributed by atoms with Crippen molar-refractivity contribution in [1.29, 1.82) is 0 Å². The van der Waals surface area contributed by atoms with Gasteiger partial charge in [0.15, 0.2) is 0 Å². The first-order valence-electron chi connectivity index (χ1n) is 3.95. The van der Waals surface area contributed by atoms with Crippen molar-refractivity contribution in [2.24, 2.45) is 0 Å². The molecule has 0 atom stereocenters. The van der Waals surface area contributed by atoms with Crippen molar-refractivity contribution in [2.75, 3.05) is 19.6 Å². The molecule has 0 unspecified atom stereocenters. The van der Waals surface area contributed by atoms with Crippen LogP contribution in [0.4, 0.5) is 0 Å². The third kappa shape index (κ3) is 5.05. The van der Waals surface area contributed by atoms with Crippen LogP contribution >= 0.6 is 0 Å². The molecule has 0 aliphatic rings. The summed E-state index contributed by atoms with van der Waals surface area (Å²) in [6.07, 6.45) is 5.96. The van der Waals surface area contributed by atoms with Gasteiger partial charge in [-0.05, 0) is 6.08 Å². The summed E-state index contributed by atoms with van der Waals surface area (Å²) in [6, 6.07) is 0. The highest BCUT2D eigenvalue weighted by Gasteiger charge is 2.10. The Kier molecular flexibility index (Phi) is 5.67. The highest BCUT2D eigenvalue weighted by Crippen LogP contribution is 2.04. The van der Waals surface area contributed by atoms with Gasteiger partial charge in [-0.15, -0.1) is 0 Å². The maximum atomic E-state index is 11.8. The summed E-state index contributed by atoms with van der Waals surface area (Å²) in [7, 11) is 0. The molecule has 0 aliphatic carbocycles. The van der Waals surface area contributed by atoms with Crippen LogP contribution in [0, 0.1) is 5.21 Å². The Morgan fingerprint density at radius 3 is 1.85 bits per heavy atom. The van der Waals surface area contributed by atoms with Gasteiger partial charge >= 0.3 is 0 Å². The molecule has 0 fully saturated rings. The summed E-state index contributed by atoms with van der Waals surface area (Å²) in [4.78, 5) is 0. The molecule has 0 spiro atoms. The Morgan fingerprint density at radius 2 is 1.54 bits per heavy atom. The molecule has 4 nitrogen and oxygen atoms in total. The molecule has 0 aliphatic heterocycles. The second-order valence-corrected chi connectivity index (χ2v) is 2.66. The number of aliphatic hydroxyl groups excluding tert-OH is 2. The molecular formula is C9H15NO3. The van der Waals surface area contributed by atoms with Crippen LogP contribution in [0.25, 0.3) is 0 Å². The topological polar surface area (TPSA) is 63.5 Å². The molecule has 0 radical (unpaired) electrons. The molecular weight excluding hydrogens is 170 g/mol. The number of nitrogens with zero attached hydrogens (tertiary/aromatic N) is 1. The predicted octanol–water partition coefficient (Wildman–Crippen LogP) is 1.63. The van der Waals surface area contributed by atoms with Gasteiger partial charge in [-0.1, -0.05) is 6.58 Å². The van der Waals surface area contributed by atoms with Gasteiger partial charge in [-0.25, -0.2) is 0 Å². The molecule has 0 bridgehead atoms. The van der Waals surface area contributed by atoms with Gasteiger partial charge in [-0.2, -0.15) is 0 Å². The lowest BCUT2D eigenvalue weighted by atomic mass is 10.4. The zero-order valence-corrected chi connectivity index (χ0v) is 7.47. The van der Waals surface area contributed by atoms with Crippen LogP contribution in [0.2, 0.25) is 0 Å². The second-order valence-electron chi connectivity index (χ2n) is 2.66. The lowest BCUT2D eigenvalue weighted by Gasteiger charge is -2.40. The van der Waals surface area contributed by atoms with Crippen molar-refractivity contribution in [3.05, 3.63) is 42.5 Å². The van der Waals surface area contributed by atoms with Gasteiger partial charge in [0.25, 0.3) is 0 Å². The van der Waals surface area contributed by atoms with Crippen LogP contribution in [-0.2, 0) is 0 Å². The fourth-order valence-corrected chi connectivity index (χ4v) is 0.937. The molecule has 2 N–H and O–H groups in total. The summed E-state index contributed by atoms with van der Waals surface area (Å²) in [6.45, 7) is 4.04. The first-order valence-corrected chi connectivity index (χ1v) is 3.95. The summed E-state index contributed by atoms with van der Waals surface area (Å²) in [5.41, 5.74) is 0. The minimum Gasteiger partial charge on any atom is -0.632 e. The third-order valence-corrected chi connectivity index (χ3v) is 1.55. The van der Waals surface area contributed by atoms with Gasteiger partial charge in [0.2, 0.25) is 0 Å². The van der Waals surface area contributed by atoms with Crippen molar-refractivity contribution in [2.45, 2.75) is 0 Å². The quantitative estimate of drug-likeness (QED) is 0.286. The number of hydrogen-bond acceptors (Lipinski definition) is 3. The SMILES string of the molecule is C=CC[N+]([O-])(CC=CO)CC=CO. The molecule has 0 aromatic heterocycles. The van der Waals surface area contributed by atoms with Crippen LogP contribution in [0.1, 0.15) is 0 Å². The van der Waals surface area contributed by atoms with E-state index in [-0.39, 0.29) is 19.6 Å². The summed E-state index contributed by atoms with van der Waals surface area (Å²) >= 11 is 0. The van der Waals surface area contributed by atoms with Crippen LogP contribution in [0.15, 0.2) is 37.3 Å². The van der Waals surface area contributed by atoms with E-state index >= 15 is 0 Å². The fraction of sp³-hybridized carbons (Fsp3) is 0.333. The highest BCUT2D eigenvalue weighted by molar-refractivity contribution is 4.79. The second kappa shape index (κ2) is 6.28. The highest BCUT2D eigenvalue weighted by atomic mass is 16.5. The fourth-order valence-electron chi connectivity index (χ4n) is 0.937. The summed E-state index contributed by atoms with van der Waals surface area (Å²) in [5.74, 6) is 0. The Labute approximate surface area is 77.9 Å². The number of aliphatic hydroxyl groups is 2. The molecule has 0 aromatic carbocycles. The summed E-state index contributed by atoms with van der Waals surface area (Å²) < 4.78 is -0.558. The summed E-state index contributed by atoms with van der Waals surface area (Å²) in [5, 5.41) is 28.6. The molecule has 13 heavy (non-hydrogen) atoms. The van der Waals surface area contributed by atoms with E-state index in [1.54, 1.807) is 0 Å². The van der Waals surface area contributed by atoms with Crippen molar-refractivity contribution >= 4 is 0 Å². The molecule has 0 saturated heterocycles. The average Bonchev–Trinajstić information content (AvgIpc) is 2.12. The number of hydrogen-bond donors (Lipinski definition) is 2. The molecule has 0 saturated carbocycles. The Hall–Kier alpha value is -1.26. The standard InChI is InChI=1S/C9H15NO3/c1-2-5-10(13,6-3-8-11)7-4-9-12/h2-4,8-9,11-12H,1,5-7H2. The zero-order chi connectivity index (χ0) is 10.2. The first-order chi connectivity index (χ1) is 6.18. The van der Waals surface area contributed by atoms with Crippen LogP contribution < -0.4 is 0 Å². The average molecular weight is 185 g/mol. The van der Waals surface area contributed by atoms with Crippen molar-refractivity contribution in [3.63, 3.8) is 0 Å². The lowest BCUT2D eigenvalue weighted by Crippen LogP contribution is -2.42. The third-order valence-electron chi connectivity index (χ3n) is 1.55. The maximum absolute atomic E-state index is 11.8. The van der Waals surface area contributed by atoms with Crippen LogP contribution in [0.5, 0.6) is 0 Å². The monoisotopic (exact) mass is 185 g/mol. The minimum absolute atomic E-state index is 0.160. The van der Waals surface area contributed by atoms with Gasteiger partial charge in [-0.3, -0.25) is 0 Å². The normalized spacial score (nSPS) is 16.4. The van der Waals surface area contributed by atoms with Gasteiger partial charge in [0, 0.05) is 12.2 Å². The predicted molar refractivity (Wildman–Crippen MR) is 52.0 cm³/mol. The zero-order valence-electron chi connectivity index (χ0n) is 7.47. The Morgan fingerprint density at radius 1 is 1.08 bits per heavy atom. The largest absolute Gasteiger partial charge is 0.632 e. The van der Waals surface area contributed by atoms with Crippen LogP contribution in [0.3, 0.4) is 0 Å². The first kappa shape index (κ1) is 11.7. The van der Waals surface area contributed by atoms with E-state index < -0.39 is 4.65 Å². The number of hydroxylamine groups is 3. The number of quaternary nitrogens is 1.